The molecule has 0 aliphatic heterocycles. The van der Waals surface area contributed by atoms with E-state index in [1.54, 1.807) is 13.8 Å². The summed E-state index contributed by atoms with van der Waals surface area (Å²) >= 11 is 5.86. The summed E-state index contributed by atoms with van der Waals surface area (Å²) in [7, 11) is -2.52. The van der Waals surface area contributed by atoms with Crippen LogP contribution in [0.25, 0.3) is 0 Å². The first-order valence-corrected chi connectivity index (χ1v) is 7.91. The molecule has 0 aliphatic carbocycles. The Hall–Kier alpha value is -1.11. The molecule has 1 rings (SSSR count). The van der Waals surface area contributed by atoms with Crippen LogP contribution in [-0.2, 0) is 14.8 Å². The van der Waals surface area contributed by atoms with Crippen molar-refractivity contribution in [3.8, 4) is 0 Å². The molecule has 20 heavy (non-hydrogen) atoms. The van der Waals surface area contributed by atoms with E-state index in [2.05, 4.69) is 9.46 Å². The number of hydrogen-bond acceptors (Lipinski definition) is 4. The van der Waals surface area contributed by atoms with Gasteiger partial charge in [-0.15, -0.1) is 0 Å². The van der Waals surface area contributed by atoms with Gasteiger partial charge in [0.15, 0.2) is 0 Å². The smallest absolute Gasteiger partial charge is 0.339 e. The van der Waals surface area contributed by atoms with E-state index in [0.29, 0.717) is 6.42 Å². The van der Waals surface area contributed by atoms with Gasteiger partial charge in [-0.05, 0) is 38.5 Å². The SMILES string of the molecule is CCC(C)(C)NS(=O)(=O)c1ccc(Cl)c(C(=O)OC)c1. The Kier molecular flexibility index (Phi) is 5.18. The third-order valence-corrected chi connectivity index (χ3v) is 4.97. The summed E-state index contributed by atoms with van der Waals surface area (Å²) in [5.41, 5.74) is -0.560. The van der Waals surface area contributed by atoms with Crippen LogP contribution in [-0.4, -0.2) is 27.0 Å². The van der Waals surface area contributed by atoms with Crippen molar-refractivity contribution >= 4 is 27.6 Å². The number of halogens is 1. The van der Waals surface area contributed by atoms with E-state index in [4.69, 9.17) is 11.6 Å². The van der Waals surface area contributed by atoms with E-state index >= 15 is 0 Å². The highest BCUT2D eigenvalue weighted by Crippen LogP contribution is 2.22. The number of rotatable bonds is 5. The first kappa shape index (κ1) is 16.9. The fraction of sp³-hybridized carbons (Fsp3) is 0.462. The number of carbonyl (C=O) groups is 1. The molecule has 0 amide bonds. The van der Waals surface area contributed by atoms with E-state index in [1.165, 1.54) is 25.3 Å². The van der Waals surface area contributed by atoms with Gasteiger partial charge < -0.3 is 4.74 Å². The van der Waals surface area contributed by atoms with Crippen LogP contribution in [0.5, 0.6) is 0 Å². The van der Waals surface area contributed by atoms with E-state index in [9.17, 15) is 13.2 Å². The van der Waals surface area contributed by atoms with Crippen molar-refractivity contribution in [2.45, 2.75) is 37.6 Å². The third kappa shape index (κ3) is 3.94. The van der Waals surface area contributed by atoms with Crippen molar-refractivity contribution in [2.75, 3.05) is 7.11 Å². The number of nitrogens with one attached hydrogen (secondary N) is 1. The number of hydrogen-bond donors (Lipinski definition) is 1. The molecule has 0 aliphatic rings. The maximum Gasteiger partial charge on any atom is 0.339 e. The molecule has 0 bridgehead atoms. The van der Waals surface area contributed by atoms with Gasteiger partial charge in [-0.2, -0.15) is 0 Å². The highest BCUT2D eigenvalue weighted by atomic mass is 35.5. The summed E-state index contributed by atoms with van der Waals surface area (Å²) in [6, 6.07) is 3.92. The second-order valence-corrected chi connectivity index (χ2v) is 7.07. The zero-order chi connectivity index (χ0) is 15.6. The lowest BCUT2D eigenvalue weighted by Gasteiger charge is -2.24. The van der Waals surface area contributed by atoms with Gasteiger partial charge in [0.25, 0.3) is 0 Å². The lowest BCUT2D eigenvalue weighted by molar-refractivity contribution is 0.0600. The van der Waals surface area contributed by atoms with Crippen LogP contribution in [0.2, 0.25) is 5.02 Å². The lowest BCUT2D eigenvalue weighted by atomic mass is 10.0. The monoisotopic (exact) mass is 319 g/mol. The molecule has 1 aromatic rings. The standard InChI is InChI=1S/C13H18ClNO4S/c1-5-13(2,3)15-20(17,18)9-6-7-11(14)10(8-9)12(16)19-4/h6-8,15H,5H2,1-4H3. The quantitative estimate of drug-likeness (QED) is 0.847. The third-order valence-electron chi connectivity index (χ3n) is 2.95. The van der Waals surface area contributed by atoms with E-state index in [-0.39, 0.29) is 15.5 Å². The molecule has 0 spiro atoms. The summed E-state index contributed by atoms with van der Waals surface area (Å²) in [4.78, 5) is 11.5. The first-order valence-electron chi connectivity index (χ1n) is 6.05. The van der Waals surface area contributed by atoms with Crippen molar-refractivity contribution in [3.63, 3.8) is 0 Å². The van der Waals surface area contributed by atoms with Crippen LogP contribution in [0.15, 0.2) is 23.1 Å². The van der Waals surface area contributed by atoms with Crippen molar-refractivity contribution in [3.05, 3.63) is 28.8 Å². The number of methoxy groups -OCH3 is 1. The lowest BCUT2D eigenvalue weighted by Crippen LogP contribution is -2.42. The Labute approximate surface area is 124 Å². The van der Waals surface area contributed by atoms with Crippen molar-refractivity contribution in [2.24, 2.45) is 0 Å². The van der Waals surface area contributed by atoms with Gasteiger partial charge in [0, 0.05) is 5.54 Å². The van der Waals surface area contributed by atoms with Crippen LogP contribution < -0.4 is 4.72 Å². The van der Waals surface area contributed by atoms with E-state index < -0.39 is 21.5 Å². The van der Waals surface area contributed by atoms with Crippen molar-refractivity contribution < 1.29 is 17.9 Å². The predicted octanol–water partition coefficient (Wildman–Crippen LogP) is 2.59. The fourth-order valence-corrected chi connectivity index (χ4v) is 3.14. The summed E-state index contributed by atoms with van der Waals surface area (Å²) in [5.74, 6) is -0.679. The highest BCUT2D eigenvalue weighted by Gasteiger charge is 2.26. The minimum atomic E-state index is -3.73. The van der Waals surface area contributed by atoms with Crippen molar-refractivity contribution in [1.82, 2.24) is 4.72 Å². The Bertz CT molecular complexity index is 611. The molecular formula is C13H18ClNO4S. The van der Waals surface area contributed by atoms with Gasteiger partial charge >= 0.3 is 5.97 Å². The highest BCUT2D eigenvalue weighted by molar-refractivity contribution is 7.89. The summed E-state index contributed by atoms with van der Waals surface area (Å²) in [6.07, 6.45) is 0.629. The molecule has 0 atom stereocenters. The Morgan fingerprint density at radius 2 is 2.00 bits per heavy atom. The number of benzene rings is 1. The topological polar surface area (TPSA) is 72.5 Å². The predicted molar refractivity (Wildman–Crippen MR) is 77.5 cm³/mol. The second-order valence-electron chi connectivity index (χ2n) is 4.98. The van der Waals surface area contributed by atoms with Crippen LogP contribution >= 0.6 is 11.6 Å². The Morgan fingerprint density at radius 3 is 2.50 bits per heavy atom. The molecule has 0 saturated heterocycles. The van der Waals surface area contributed by atoms with E-state index in [0.717, 1.165) is 0 Å². The summed E-state index contributed by atoms with van der Waals surface area (Å²) < 4.78 is 31.7. The van der Waals surface area contributed by atoms with Gasteiger partial charge in [-0.3, -0.25) is 0 Å². The van der Waals surface area contributed by atoms with Gasteiger partial charge in [0.2, 0.25) is 10.0 Å². The average molecular weight is 320 g/mol. The van der Waals surface area contributed by atoms with Gasteiger partial charge in [0.05, 0.1) is 22.6 Å². The fourth-order valence-electron chi connectivity index (χ4n) is 1.43. The maximum atomic E-state index is 12.3. The number of sulfonamides is 1. The van der Waals surface area contributed by atoms with Crippen LogP contribution in [0.3, 0.4) is 0 Å². The Morgan fingerprint density at radius 1 is 1.40 bits per heavy atom. The number of carbonyl (C=O) groups excluding carboxylic acids is 1. The molecule has 0 saturated carbocycles. The molecule has 0 heterocycles. The van der Waals surface area contributed by atoms with E-state index in [1.807, 2.05) is 6.92 Å². The van der Waals surface area contributed by atoms with Crippen molar-refractivity contribution in [1.29, 1.82) is 0 Å². The molecule has 112 valence electrons. The summed E-state index contributed by atoms with van der Waals surface area (Å²) in [6.45, 7) is 5.44. The second kappa shape index (κ2) is 6.11. The molecule has 0 unspecified atom stereocenters. The minimum Gasteiger partial charge on any atom is -0.465 e. The largest absolute Gasteiger partial charge is 0.465 e. The maximum absolute atomic E-state index is 12.3. The number of esters is 1. The van der Waals surface area contributed by atoms with Crippen LogP contribution in [0.1, 0.15) is 37.6 Å². The van der Waals surface area contributed by atoms with Gasteiger partial charge in [-0.25, -0.2) is 17.9 Å². The zero-order valence-corrected chi connectivity index (χ0v) is 13.4. The normalized spacial score (nSPS) is 12.2. The van der Waals surface area contributed by atoms with Gasteiger partial charge in [-0.1, -0.05) is 18.5 Å². The molecule has 7 heteroatoms. The zero-order valence-electron chi connectivity index (χ0n) is 11.9. The molecule has 0 aromatic heterocycles. The molecule has 1 aromatic carbocycles. The minimum absolute atomic E-state index is 0.0198. The van der Waals surface area contributed by atoms with Gasteiger partial charge in [0.1, 0.15) is 0 Å². The molecular weight excluding hydrogens is 302 g/mol. The van der Waals surface area contributed by atoms with Crippen LogP contribution in [0, 0.1) is 0 Å². The summed E-state index contributed by atoms with van der Waals surface area (Å²) in [5, 5.41) is 0.144. The first-order chi connectivity index (χ1) is 9.13. The number of ether oxygens (including phenoxy) is 1. The molecule has 0 fully saturated rings. The molecule has 5 nitrogen and oxygen atoms in total. The molecule has 0 radical (unpaired) electrons. The average Bonchev–Trinajstić information content (AvgIpc) is 2.37. The Balaban J connectivity index is 3.24. The van der Waals surface area contributed by atoms with Crippen LogP contribution in [0.4, 0.5) is 0 Å². The molecule has 1 N–H and O–H groups in total.